The largest absolute Gasteiger partial charge is 0.497 e. The summed E-state index contributed by atoms with van der Waals surface area (Å²) < 4.78 is 25.2. The number of hydrogen-bond acceptors (Lipinski definition) is 10. The minimum absolute atomic E-state index is 0. The predicted molar refractivity (Wildman–Crippen MR) is 275 cm³/mol. The molecule has 0 N–H and O–H groups in total. The Labute approximate surface area is 397 Å². The molecule has 0 aliphatic carbocycles. The van der Waals surface area contributed by atoms with Crippen LogP contribution in [0.15, 0.2) is 146 Å². The van der Waals surface area contributed by atoms with Gasteiger partial charge in [0.25, 0.3) is 0 Å². The average Bonchev–Trinajstić information content (AvgIpc) is 3.34. The minimum atomic E-state index is 0. The van der Waals surface area contributed by atoms with Crippen molar-refractivity contribution in [2.75, 3.05) is 35.5 Å². The lowest BCUT2D eigenvalue weighted by Gasteiger charge is -2.07. The second-order valence-corrected chi connectivity index (χ2v) is 13.8. The Morgan fingerprint density at radius 3 is 1.15 bits per heavy atom. The summed E-state index contributed by atoms with van der Waals surface area (Å²) in [5.41, 5.74) is 3.60. The van der Waals surface area contributed by atoms with E-state index in [1.165, 1.54) is 6.92 Å². The van der Waals surface area contributed by atoms with E-state index in [0.29, 0.717) is 16.7 Å². The molecule has 0 bridgehead atoms. The van der Waals surface area contributed by atoms with E-state index in [1.54, 1.807) is 130 Å². The van der Waals surface area contributed by atoms with E-state index in [2.05, 4.69) is 0 Å². The number of ether oxygens (including phenoxy) is 5. The molecule has 7 rings (SSSR count). The molecule has 7 aromatic carbocycles. The minimum Gasteiger partial charge on any atom is -0.497 e. The van der Waals surface area contributed by atoms with Crippen LogP contribution in [0.5, 0.6) is 28.7 Å². The zero-order valence-corrected chi connectivity index (χ0v) is 39.4. The molecule has 10 heteroatoms. The van der Waals surface area contributed by atoms with Crippen molar-refractivity contribution in [1.82, 2.24) is 0 Å². The Balaban J connectivity index is 0.000000805. The fourth-order valence-electron chi connectivity index (χ4n) is 5.83. The maximum absolute atomic E-state index is 11.4. The van der Waals surface area contributed by atoms with Gasteiger partial charge < -0.3 is 23.7 Å². The molecule has 0 saturated heterocycles. The molecule has 0 unspecified atom stereocenters. The molecule has 0 aliphatic rings. The van der Waals surface area contributed by atoms with Gasteiger partial charge in [-0.2, -0.15) is 0 Å². The maximum Gasteiger partial charge on any atom is 0.160 e. The summed E-state index contributed by atoms with van der Waals surface area (Å²) in [6.07, 6.45) is 0. The lowest BCUT2D eigenvalue weighted by atomic mass is 10.0. The van der Waals surface area contributed by atoms with Gasteiger partial charge in [0.15, 0.2) is 28.9 Å². The molecular weight excluding hydrogens is 845 g/mol. The highest BCUT2D eigenvalue weighted by molar-refractivity contribution is 6.08. The topological polar surface area (TPSA) is 132 Å². The van der Waals surface area contributed by atoms with Crippen molar-refractivity contribution in [1.29, 1.82) is 0 Å². The average molecular weight is 913 g/mol. The van der Waals surface area contributed by atoms with Crippen LogP contribution < -0.4 is 23.7 Å². The van der Waals surface area contributed by atoms with Crippen LogP contribution in [0.25, 0.3) is 21.5 Å². The van der Waals surface area contributed by atoms with Crippen LogP contribution >= 0.6 is 0 Å². The highest BCUT2D eigenvalue weighted by atomic mass is 16.5. The van der Waals surface area contributed by atoms with E-state index >= 15 is 0 Å². The summed E-state index contributed by atoms with van der Waals surface area (Å²) in [6.45, 7) is 11.8. The Morgan fingerprint density at radius 2 is 0.701 bits per heavy atom. The normalized spacial score (nSPS) is 9.25. The summed E-state index contributed by atoms with van der Waals surface area (Å²) >= 11 is 0. The molecule has 0 fully saturated rings. The van der Waals surface area contributed by atoms with Crippen LogP contribution in [0.3, 0.4) is 0 Å². The number of methoxy groups -OCH3 is 5. The molecular formula is C57H68O10. The van der Waals surface area contributed by atoms with Crippen LogP contribution in [-0.2, 0) is 0 Å². The molecule has 356 valence electrons. The molecule has 0 aliphatic heterocycles. The highest BCUT2D eigenvalue weighted by Crippen LogP contribution is 2.28. The SMILES string of the molecule is C.C.CC.COc1ccc(C(C)=O)cc1.COc1ccc(C(C)=O)cc1.COc1ccc2cc(C(C)=O)ccc2c1.COc1cccc(C(C)=O)c1.COc1cccc2c(C(C)=O)cccc12. The molecule has 7 aromatic rings. The number of carbonyl (C=O) groups is 5. The summed E-state index contributed by atoms with van der Waals surface area (Å²) in [4.78, 5) is 55.1. The van der Waals surface area contributed by atoms with E-state index in [0.717, 1.165) is 61.4 Å². The van der Waals surface area contributed by atoms with E-state index in [4.69, 9.17) is 23.7 Å². The first-order chi connectivity index (χ1) is 31.1. The summed E-state index contributed by atoms with van der Waals surface area (Å²) in [5, 5.41) is 4.07. The van der Waals surface area contributed by atoms with Gasteiger partial charge in [0.05, 0.1) is 35.5 Å². The van der Waals surface area contributed by atoms with Crippen molar-refractivity contribution < 1.29 is 47.7 Å². The zero-order chi connectivity index (χ0) is 48.5. The third-order valence-corrected chi connectivity index (χ3v) is 9.40. The molecule has 0 amide bonds. The van der Waals surface area contributed by atoms with E-state index in [9.17, 15) is 24.0 Å². The van der Waals surface area contributed by atoms with Crippen molar-refractivity contribution in [3.05, 3.63) is 173 Å². The Kier molecular flexibility index (Phi) is 27.8. The molecule has 0 radical (unpaired) electrons. The first-order valence-electron chi connectivity index (χ1n) is 20.8. The Hall–Kier alpha value is -7.59. The first kappa shape index (κ1) is 59.4. The van der Waals surface area contributed by atoms with Crippen LogP contribution in [0.1, 0.15) is 115 Å². The van der Waals surface area contributed by atoms with Gasteiger partial charge in [-0.05, 0) is 136 Å². The third-order valence-electron chi connectivity index (χ3n) is 9.40. The number of rotatable bonds is 10. The van der Waals surface area contributed by atoms with E-state index in [-0.39, 0.29) is 43.8 Å². The molecule has 0 spiro atoms. The quantitative estimate of drug-likeness (QED) is 0.122. The molecule has 0 aromatic heterocycles. The first-order valence-corrected chi connectivity index (χ1v) is 20.8. The Bertz CT molecular complexity index is 2570. The van der Waals surface area contributed by atoms with Crippen molar-refractivity contribution in [2.24, 2.45) is 0 Å². The van der Waals surface area contributed by atoms with Crippen LogP contribution in [0.2, 0.25) is 0 Å². The third kappa shape index (κ3) is 19.2. The molecule has 10 nitrogen and oxygen atoms in total. The van der Waals surface area contributed by atoms with Gasteiger partial charge in [-0.25, -0.2) is 0 Å². The van der Waals surface area contributed by atoms with E-state index in [1.807, 2.05) is 92.7 Å². The van der Waals surface area contributed by atoms with Gasteiger partial charge in [-0.15, -0.1) is 0 Å². The standard InChI is InChI=1S/2C13H12O2.3C9H10O2.C2H6.2CH4/c1-9(14)10-5-3-7-12-11(10)6-4-8-13(12)15-2;1-9(14)10-3-4-12-8-13(15-2)6-5-11(12)7-10;2*1-7(10)8-3-5-9(11-2)6-4-8;1-7(10)8-4-3-5-9(6-8)11-2;1-2;;/h2*3-8H,1-2H3;3*3-6H,1-2H3;1-2H3;2*1H4. The Morgan fingerprint density at radius 1 is 0.328 bits per heavy atom. The molecule has 0 atom stereocenters. The van der Waals surface area contributed by atoms with Gasteiger partial charge in [0, 0.05) is 33.2 Å². The lowest BCUT2D eigenvalue weighted by molar-refractivity contribution is 0.100. The number of fused-ring (bicyclic) bond motifs is 2. The maximum atomic E-state index is 11.4. The predicted octanol–water partition coefficient (Wildman–Crippen LogP) is 14.1. The fourth-order valence-corrected chi connectivity index (χ4v) is 5.83. The highest BCUT2D eigenvalue weighted by Gasteiger charge is 2.08. The molecule has 0 heterocycles. The van der Waals surface area contributed by atoms with Gasteiger partial charge >= 0.3 is 0 Å². The number of benzene rings is 7. The van der Waals surface area contributed by atoms with Crippen molar-refractivity contribution in [3.8, 4) is 28.7 Å². The smallest absolute Gasteiger partial charge is 0.160 e. The number of carbonyl (C=O) groups excluding carboxylic acids is 5. The van der Waals surface area contributed by atoms with Crippen molar-refractivity contribution in [2.45, 2.75) is 63.3 Å². The number of hydrogen-bond donors (Lipinski definition) is 0. The van der Waals surface area contributed by atoms with Crippen LogP contribution in [-0.4, -0.2) is 64.5 Å². The second kappa shape index (κ2) is 31.3. The second-order valence-electron chi connectivity index (χ2n) is 13.8. The zero-order valence-electron chi connectivity index (χ0n) is 39.4. The lowest BCUT2D eigenvalue weighted by Crippen LogP contribution is -1.94. The molecule has 67 heavy (non-hydrogen) atoms. The van der Waals surface area contributed by atoms with Crippen molar-refractivity contribution in [3.63, 3.8) is 0 Å². The van der Waals surface area contributed by atoms with Crippen LogP contribution in [0, 0.1) is 0 Å². The summed E-state index contributed by atoms with van der Waals surface area (Å²) in [5.74, 6) is 4.28. The molecule has 0 saturated carbocycles. The summed E-state index contributed by atoms with van der Waals surface area (Å²) in [6, 6.07) is 44.1. The van der Waals surface area contributed by atoms with E-state index < -0.39 is 0 Å². The summed E-state index contributed by atoms with van der Waals surface area (Å²) in [7, 11) is 8.06. The van der Waals surface area contributed by atoms with Gasteiger partial charge in [-0.1, -0.05) is 89.4 Å². The van der Waals surface area contributed by atoms with Crippen molar-refractivity contribution >= 4 is 50.5 Å². The van der Waals surface area contributed by atoms with Crippen LogP contribution in [0.4, 0.5) is 0 Å². The van der Waals surface area contributed by atoms with Gasteiger partial charge in [0.1, 0.15) is 28.7 Å². The van der Waals surface area contributed by atoms with Gasteiger partial charge in [-0.3, -0.25) is 24.0 Å². The number of Topliss-reactive ketones (excluding diaryl/α,β-unsaturated/α-hetero) is 5. The fraction of sp³-hybridized carbons (Fsp3) is 0.246. The monoisotopic (exact) mass is 912 g/mol. The number of ketones is 5. The van der Waals surface area contributed by atoms with Gasteiger partial charge in [0.2, 0.25) is 0 Å².